The van der Waals surface area contributed by atoms with Crippen LogP contribution in [0.15, 0.2) is 109 Å². The van der Waals surface area contributed by atoms with Crippen LogP contribution in [-0.2, 0) is 20.8 Å². The molecule has 0 bridgehead atoms. The smallest absolute Gasteiger partial charge is 0.407 e. The van der Waals surface area contributed by atoms with E-state index in [9.17, 15) is 22.8 Å². The number of benzene rings is 2. The molecule has 2 aromatic carbocycles. The van der Waals surface area contributed by atoms with Crippen LogP contribution in [0.5, 0.6) is 0 Å². The zero-order valence-electron chi connectivity index (χ0n) is 25.7. The predicted octanol–water partition coefficient (Wildman–Crippen LogP) is 4.92. The first-order chi connectivity index (χ1) is 22.7. The summed E-state index contributed by atoms with van der Waals surface area (Å²) in [6, 6.07) is 13.4. The fraction of sp³-hybridized carbons (Fsp3) is 0.286. The molecule has 12 heteroatoms. The lowest BCUT2D eigenvalue weighted by Gasteiger charge is -2.30. The van der Waals surface area contributed by atoms with Crippen LogP contribution in [0, 0.1) is 11.6 Å². The van der Waals surface area contributed by atoms with Crippen LogP contribution < -0.4 is 21.7 Å². The van der Waals surface area contributed by atoms with Gasteiger partial charge in [0.05, 0.1) is 31.1 Å². The van der Waals surface area contributed by atoms with Crippen molar-refractivity contribution in [3.63, 3.8) is 0 Å². The van der Waals surface area contributed by atoms with Crippen molar-refractivity contribution in [3.8, 4) is 0 Å². The molecule has 3 aromatic rings. The second-order valence-electron chi connectivity index (χ2n) is 11.0. The van der Waals surface area contributed by atoms with Gasteiger partial charge in [-0.1, -0.05) is 36.9 Å². The molecule has 1 aliphatic heterocycles. The minimum Gasteiger partial charge on any atom is -0.448 e. The van der Waals surface area contributed by atoms with Crippen LogP contribution >= 0.6 is 0 Å². The number of halogens is 3. The summed E-state index contributed by atoms with van der Waals surface area (Å²) in [4.78, 5) is 29.5. The van der Waals surface area contributed by atoms with Crippen LogP contribution in [0.4, 0.5) is 18.0 Å². The second-order valence-corrected chi connectivity index (χ2v) is 11.0. The van der Waals surface area contributed by atoms with Crippen LogP contribution in [0.1, 0.15) is 35.4 Å². The average Bonchev–Trinajstić information content (AvgIpc) is 3.09. The van der Waals surface area contributed by atoms with Gasteiger partial charge in [0, 0.05) is 37.1 Å². The van der Waals surface area contributed by atoms with Gasteiger partial charge in [-0.3, -0.25) is 9.78 Å². The number of carbonyl (C=O) groups is 2. The fourth-order valence-corrected chi connectivity index (χ4v) is 5.03. The maximum Gasteiger partial charge on any atom is 0.407 e. The number of hydrogen-bond acceptors (Lipinski definition) is 7. The zero-order chi connectivity index (χ0) is 33.6. The number of carbonyl (C=O) groups excluding carboxylic acids is 2. The van der Waals surface area contributed by atoms with Crippen LogP contribution in [-0.4, -0.2) is 54.9 Å². The van der Waals surface area contributed by atoms with Gasteiger partial charge in [0.2, 0.25) is 5.91 Å². The highest BCUT2D eigenvalue weighted by atomic mass is 19.1. The van der Waals surface area contributed by atoms with E-state index >= 15 is 0 Å². The number of hydrogen-bond donors (Lipinski definition) is 4. The van der Waals surface area contributed by atoms with E-state index in [1.54, 1.807) is 18.5 Å². The lowest BCUT2D eigenvalue weighted by molar-refractivity contribution is -0.121. The molecule has 47 heavy (non-hydrogen) atoms. The summed E-state index contributed by atoms with van der Waals surface area (Å²) >= 11 is 0. The summed E-state index contributed by atoms with van der Waals surface area (Å²) in [5.41, 5.74) is 9.21. The Morgan fingerprint density at radius 3 is 2.36 bits per heavy atom. The fourth-order valence-electron chi connectivity index (χ4n) is 5.03. The van der Waals surface area contributed by atoms with Crippen LogP contribution in [0.25, 0.3) is 0 Å². The van der Waals surface area contributed by atoms with Crippen molar-refractivity contribution in [2.45, 2.75) is 43.5 Å². The summed E-state index contributed by atoms with van der Waals surface area (Å²) < 4.78 is 51.5. The van der Waals surface area contributed by atoms with E-state index in [0.717, 1.165) is 11.6 Å². The number of ether oxygens (including phenoxy) is 2. The Morgan fingerprint density at radius 1 is 1.11 bits per heavy atom. The molecule has 2 heterocycles. The highest BCUT2D eigenvalue weighted by molar-refractivity contribution is 5.85. The third-order valence-corrected chi connectivity index (χ3v) is 7.61. The first-order valence-electron chi connectivity index (χ1n) is 15.1. The first kappa shape index (κ1) is 35.1. The van der Waals surface area contributed by atoms with Crippen molar-refractivity contribution in [1.82, 2.24) is 20.9 Å². The Balaban J connectivity index is 1.28. The van der Waals surface area contributed by atoms with Crippen molar-refractivity contribution in [2.75, 3.05) is 19.8 Å². The monoisotopic (exact) mass is 649 g/mol. The second kappa shape index (κ2) is 17.8. The van der Waals surface area contributed by atoms with Crippen LogP contribution in [0.3, 0.4) is 0 Å². The highest BCUT2D eigenvalue weighted by Gasteiger charge is 2.29. The number of alkyl carbamates (subject to hydrolysis) is 1. The summed E-state index contributed by atoms with van der Waals surface area (Å²) in [5.74, 6) is -2.23. The number of nitrogens with zero attached hydrogens (tertiary/aromatic N) is 1. The Kier molecular flexibility index (Phi) is 13.3. The largest absolute Gasteiger partial charge is 0.448 e. The molecule has 5 N–H and O–H groups in total. The van der Waals surface area contributed by atoms with Crippen LogP contribution in [0.2, 0.25) is 0 Å². The molecule has 0 saturated carbocycles. The van der Waals surface area contributed by atoms with Gasteiger partial charge in [-0.2, -0.15) is 0 Å². The lowest BCUT2D eigenvalue weighted by Crippen LogP contribution is -2.49. The molecule has 2 amide bonds. The Labute approximate surface area is 271 Å². The number of aromatic nitrogens is 1. The topological polar surface area (TPSA) is 128 Å². The van der Waals surface area contributed by atoms with Gasteiger partial charge in [0.25, 0.3) is 0 Å². The summed E-state index contributed by atoms with van der Waals surface area (Å²) in [5, 5.41) is 8.73. The molecule has 9 nitrogen and oxygen atoms in total. The lowest BCUT2D eigenvalue weighted by atomic mass is 9.85. The first-order valence-corrected chi connectivity index (χ1v) is 15.1. The van der Waals surface area contributed by atoms with Gasteiger partial charge in [-0.25, -0.2) is 18.0 Å². The van der Waals surface area contributed by atoms with Crippen molar-refractivity contribution in [3.05, 3.63) is 138 Å². The van der Waals surface area contributed by atoms with Gasteiger partial charge in [0.15, 0.2) is 0 Å². The summed E-state index contributed by atoms with van der Waals surface area (Å²) in [6.07, 6.45) is 6.37. The molecule has 1 fully saturated rings. The predicted molar refractivity (Wildman–Crippen MR) is 171 cm³/mol. The summed E-state index contributed by atoms with van der Waals surface area (Å²) in [7, 11) is 0. The molecule has 0 unspecified atom stereocenters. The van der Waals surface area contributed by atoms with Gasteiger partial charge < -0.3 is 31.2 Å². The number of amides is 2. The number of nitrogens with two attached hydrogens (primary N) is 1. The maximum atomic E-state index is 13.7. The number of allylic oxidation sites excluding steroid dienone is 3. The SMILES string of the molecule is C=C(CC[C@@H]1CN[C@H](COC(=O)NCc2cccnc2)CO1)/C(=C\C=C/F)NC(=O)[C@@H](N)C(c1ccc(F)cc1)c1ccc(F)cc1. The van der Waals surface area contributed by atoms with E-state index in [-0.39, 0.29) is 24.4 Å². The minimum absolute atomic E-state index is 0.129. The number of morpholine rings is 1. The normalized spacial score (nSPS) is 17.3. The number of nitrogens with one attached hydrogen (secondary N) is 3. The number of rotatable bonds is 14. The Hall–Kier alpha value is -4.78. The molecule has 0 spiro atoms. The van der Waals surface area contributed by atoms with Gasteiger partial charge in [0.1, 0.15) is 18.2 Å². The maximum absolute atomic E-state index is 13.7. The van der Waals surface area contributed by atoms with Gasteiger partial charge in [-0.15, -0.1) is 0 Å². The van der Waals surface area contributed by atoms with Crippen molar-refractivity contribution in [2.24, 2.45) is 5.73 Å². The molecule has 3 atom stereocenters. The standard InChI is InChI=1S/C35H38F3N5O4/c1-23(6-15-30-20-41-29(21-46-30)22-47-35(45)42-19-24-4-3-17-40-18-24)31(5-2-16-36)43-34(44)33(39)32(25-7-11-27(37)12-8-25)26-9-13-28(38)14-10-26/h2-5,7-14,16-18,29-30,32-33,41H,1,6,15,19-22,39H2,(H,42,45)(H,43,44)/b16-2-,31-5+/t29-,30+,33-/m0/s1. The van der Waals surface area contributed by atoms with Gasteiger partial charge in [-0.05, 0) is 77.6 Å². The van der Waals surface area contributed by atoms with E-state index < -0.39 is 35.6 Å². The van der Waals surface area contributed by atoms with Crippen molar-refractivity contribution in [1.29, 1.82) is 0 Å². The van der Waals surface area contributed by atoms with E-state index in [2.05, 4.69) is 27.5 Å². The Bertz CT molecular complexity index is 1480. The van der Waals surface area contributed by atoms with Gasteiger partial charge >= 0.3 is 6.09 Å². The van der Waals surface area contributed by atoms with E-state index in [1.807, 2.05) is 6.07 Å². The minimum atomic E-state index is -1.17. The van der Waals surface area contributed by atoms with E-state index in [1.165, 1.54) is 54.6 Å². The Morgan fingerprint density at radius 2 is 1.79 bits per heavy atom. The molecule has 1 aliphatic rings. The van der Waals surface area contributed by atoms with Crippen molar-refractivity contribution >= 4 is 12.0 Å². The molecule has 4 rings (SSSR count). The molecule has 0 radical (unpaired) electrons. The molecular formula is C35H38F3N5O4. The van der Waals surface area contributed by atoms with Crippen molar-refractivity contribution < 1.29 is 32.2 Å². The average molecular weight is 650 g/mol. The zero-order valence-corrected chi connectivity index (χ0v) is 25.7. The molecular weight excluding hydrogens is 611 g/mol. The summed E-state index contributed by atoms with van der Waals surface area (Å²) in [6.45, 7) is 5.33. The molecule has 1 saturated heterocycles. The highest BCUT2D eigenvalue weighted by Crippen LogP contribution is 2.28. The molecule has 248 valence electrons. The third kappa shape index (κ3) is 10.9. The van der Waals surface area contributed by atoms with E-state index in [0.29, 0.717) is 55.6 Å². The quantitative estimate of drug-likeness (QED) is 0.183. The third-order valence-electron chi connectivity index (χ3n) is 7.61. The number of pyridine rings is 1. The van der Waals surface area contributed by atoms with E-state index in [4.69, 9.17) is 15.2 Å². The molecule has 1 aromatic heterocycles. The molecule has 0 aliphatic carbocycles.